The number of carbonyl (C=O) groups is 1. The predicted molar refractivity (Wildman–Crippen MR) is 58.1 cm³/mol. The van der Waals surface area contributed by atoms with Crippen molar-refractivity contribution in [1.82, 2.24) is 20.2 Å². The fourth-order valence-corrected chi connectivity index (χ4v) is 2.23. The van der Waals surface area contributed by atoms with Crippen molar-refractivity contribution in [2.75, 3.05) is 5.75 Å². The van der Waals surface area contributed by atoms with E-state index in [1.54, 1.807) is 4.68 Å². The third-order valence-corrected chi connectivity index (χ3v) is 3.65. The molecule has 2 rings (SSSR count). The average Bonchev–Trinajstić information content (AvgIpc) is 2.99. The van der Waals surface area contributed by atoms with Gasteiger partial charge in [-0.05, 0) is 35.1 Å². The third kappa shape index (κ3) is 2.94. The van der Waals surface area contributed by atoms with E-state index in [9.17, 15) is 4.79 Å². The molecule has 1 aromatic heterocycles. The van der Waals surface area contributed by atoms with Gasteiger partial charge in [-0.2, -0.15) is 0 Å². The Morgan fingerprint density at radius 2 is 2.44 bits per heavy atom. The maximum Gasteiger partial charge on any atom is 0.313 e. The highest BCUT2D eigenvalue weighted by molar-refractivity contribution is 7.99. The molecular formula is C9H14N4O2S. The summed E-state index contributed by atoms with van der Waals surface area (Å²) in [5, 5.41) is 20.5. The number of thioether (sulfide) groups is 1. The molecule has 0 radical (unpaired) electrons. The molecule has 0 amide bonds. The van der Waals surface area contributed by atoms with Crippen LogP contribution >= 0.6 is 11.8 Å². The zero-order chi connectivity index (χ0) is 11.5. The first kappa shape index (κ1) is 11.4. The van der Waals surface area contributed by atoms with Crippen LogP contribution in [0.2, 0.25) is 0 Å². The Kier molecular flexibility index (Phi) is 3.42. The molecule has 1 atom stereocenters. The average molecular weight is 242 g/mol. The number of tetrazole rings is 1. The molecule has 1 unspecified atom stereocenters. The summed E-state index contributed by atoms with van der Waals surface area (Å²) in [6.45, 7) is 2.96. The van der Waals surface area contributed by atoms with Crippen molar-refractivity contribution in [2.45, 2.75) is 31.5 Å². The predicted octanol–water partition coefficient (Wildman–Crippen LogP) is 0.896. The Labute approximate surface area is 97.4 Å². The lowest BCUT2D eigenvalue weighted by atomic mass is 10.1. The van der Waals surface area contributed by atoms with E-state index in [2.05, 4.69) is 22.4 Å². The van der Waals surface area contributed by atoms with Gasteiger partial charge in [-0.3, -0.25) is 4.79 Å². The van der Waals surface area contributed by atoms with Gasteiger partial charge < -0.3 is 5.11 Å². The molecule has 0 saturated heterocycles. The molecule has 1 aliphatic carbocycles. The van der Waals surface area contributed by atoms with Crippen molar-refractivity contribution in [1.29, 1.82) is 0 Å². The Morgan fingerprint density at radius 3 is 3.06 bits per heavy atom. The lowest BCUT2D eigenvalue weighted by Crippen LogP contribution is -2.12. The van der Waals surface area contributed by atoms with Crippen LogP contribution in [0.3, 0.4) is 0 Å². The van der Waals surface area contributed by atoms with Gasteiger partial charge in [-0.25, -0.2) is 4.68 Å². The maximum atomic E-state index is 10.4. The van der Waals surface area contributed by atoms with Gasteiger partial charge in [-0.1, -0.05) is 18.7 Å². The highest BCUT2D eigenvalue weighted by Crippen LogP contribution is 2.37. The minimum absolute atomic E-state index is 0.00180. The summed E-state index contributed by atoms with van der Waals surface area (Å²) < 4.78 is 1.70. The van der Waals surface area contributed by atoms with E-state index < -0.39 is 5.97 Å². The van der Waals surface area contributed by atoms with Crippen molar-refractivity contribution in [3.63, 3.8) is 0 Å². The SMILES string of the molecule is CC(Cn1nnnc1SCC(=O)O)C1CC1. The number of hydrogen-bond donors (Lipinski definition) is 1. The zero-order valence-corrected chi connectivity index (χ0v) is 9.85. The number of nitrogens with zero attached hydrogens (tertiary/aromatic N) is 4. The first-order valence-corrected chi connectivity index (χ1v) is 6.26. The molecule has 1 aliphatic rings. The van der Waals surface area contributed by atoms with E-state index >= 15 is 0 Å². The normalized spacial score (nSPS) is 17.3. The summed E-state index contributed by atoms with van der Waals surface area (Å²) in [5.74, 6) is 0.502. The molecular weight excluding hydrogens is 228 g/mol. The largest absolute Gasteiger partial charge is 0.481 e. The van der Waals surface area contributed by atoms with E-state index in [1.807, 2.05) is 0 Å². The monoisotopic (exact) mass is 242 g/mol. The van der Waals surface area contributed by atoms with Crippen LogP contribution in [0.25, 0.3) is 0 Å². The lowest BCUT2D eigenvalue weighted by Gasteiger charge is -2.09. The van der Waals surface area contributed by atoms with Crippen LogP contribution in [-0.4, -0.2) is 37.0 Å². The molecule has 1 heterocycles. The van der Waals surface area contributed by atoms with E-state index in [0.717, 1.165) is 24.2 Å². The van der Waals surface area contributed by atoms with Crippen LogP contribution in [0, 0.1) is 11.8 Å². The van der Waals surface area contributed by atoms with E-state index in [1.165, 1.54) is 12.8 Å². The lowest BCUT2D eigenvalue weighted by molar-refractivity contribution is -0.133. The van der Waals surface area contributed by atoms with Crippen molar-refractivity contribution in [3.05, 3.63) is 0 Å². The minimum atomic E-state index is -0.852. The number of aliphatic carboxylic acids is 1. The summed E-state index contributed by atoms with van der Waals surface area (Å²) >= 11 is 1.16. The van der Waals surface area contributed by atoms with Gasteiger partial charge >= 0.3 is 5.97 Å². The van der Waals surface area contributed by atoms with Gasteiger partial charge in [0.1, 0.15) is 0 Å². The molecule has 0 aromatic carbocycles. The van der Waals surface area contributed by atoms with Gasteiger partial charge in [0.05, 0.1) is 5.75 Å². The van der Waals surface area contributed by atoms with Crippen LogP contribution < -0.4 is 0 Å². The second-order valence-electron chi connectivity index (χ2n) is 4.14. The molecule has 6 nitrogen and oxygen atoms in total. The van der Waals surface area contributed by atoms with Crippen molar-refractivity contribution in [3.8, 4) is 0 Å². The van der Waals surface area contributed by atoms with Crippen molar-refractivity contribution in [2.24, 2.45) is 11.8 Å². The number of rotatable bonds is 6. The summed E-state index contributed by atoms with van der Waals surface area (Å²) in [5.41, 5.74) is 0. The smallest absolute Gasteiger partial charge is 0.313 e. The summed E-state index contributed by atoms with van der Waals surface area (Å²) in [4.78, 5) is 10.4. The molecule has 1 N–H and O–H groups in total. The summed E-state index contributed by atoms with van der Waals surface area (Å²) in [7, 11) is 0. The molecule has 0 aliphatic heterocycles. The van der Waals surface area contributed by atoms with Gasteiger partial charge in [0, 0.05) is 6.54 Å². The number of carboxylic acid groups (broad SMARTS) is 1. The quantitative estimate of drug-likeness (QED) is 0.746. The molecule has 0 bridgehead atoms. The van der Waals surface area contributed by atoms with Gasteiger partial charge in [0.2, 0.25) is 5.16 Å². The Balaban J connectivity index is 1.92. The molecule has 1 saturated carbocycles. The fraction of sp³-hybridized carbons (Fsp3) is 0.778. The Morgan fingerprint density at radius 1 is 1.69 bits per heavy atom. The van der Waals surface area contributed by atoms with Crippen molar-refractivity contribution >= 4 is 17.7 Å². The second-order valence-corrected chi connectivity index (χ2v) is 5.08. The summed E-state index contributed by atoms with van der Waals surface area (Å²) in [6, 6.07) is 0. The number of hydrogen-bond acceptors (Lipinski definition) is 5. The van der Waals surface area contributed by atoms with Gasteiger partial charge in [-0.15, -0.1) is 5.10 Å². The molecule has 16 heavy (non-hydrogen) atoms. The molecule has 0 spiro atoms. The van der Waals surface area contributed by atoms with Crippen LogP contribution in [0.15, 0.2) is 5.16 Å². The van der Waals surface area contributed by atoms with Crippen LogP contribution in [0.5, 0.6) is 0 Å². The summed E-state index contributed by atoms with van der Waals surface area (Å²) in [6.07, 6.45) is 2.59. The second kappa shape index (κ2) is 4.82. The van der Waals surface area contributed by atoms with Crippen LogP contribution in [-0.2, 0) is 11.3 Å². The topological polar surface area (TPSA) is 80.9 Å². The molecule has 88 valence electrons. The molecule has 7 heteroatoms. The van der Waals surface area contributed by atoms with E-state index in [4.69, 9.17) is 5.11 Å². The first-order chi connectivity index (χ1) is 7.66. The molecule has 1 fully saturated rings. The minimum Gasteiger partial charge on any atom is -0.481 e. The van der Waals surface area contributed by atoms with Gasteiger partial charge in [0.25, 0.3) is 0 Å². The zero-order valence-electron chi connectivity index (χ0n) is 9.04. The Bertz CT molecular complexity index is 377. The molecule has 1 aromatic rings. The maximum absolute atomic E-state index is 10.4. The number of carboxylic acids is 1. The van der Waals surface area contributed by atoms with E-state index in [0.29, 0.717) is 11.1 Å². The standard InChI is InChI=1S/C9H14N4O2S/c1-6(7-2-3-7)4-13-9(10-11-12-13)16-5-8(14)15/h6-7H,2-5H2,1H3,(H,14,15). The van der Waals surface area contributed by atoms with E-state index in [-0.39, 0.29) is 5.75 Å². The fourth-order valence-electron chi connectivity index (χ4n) is 1.63. The van der Waals surface area contributed by atoms with Crippen LogP contribution in [0.4, 0.5) is 0 Å². The number of aromatic nitrogens is 4. The van der Waals surface area contributed by atoms with Crippen molar-refractivity contribution < 1.29 is 9.90 Å². The van der Waals surface area contributed by atoms with Crippen LogP contribution in [0.1, 0.15) is 19.8 Å². The Hall–Kier alpha value is -1.11. The highest BCUT2D eigenvalue weighted by atomic mass is 32.2. The third-order valence-electron chi connectivity index (χ3n) is 2.71. The first-order valence-electron chi connectivity index (χ1n) is 5.27. The highest BCUT2D eigenvalue weighted by Gasteiger charge is 2.28. The van der Waals surface area contributed by atoms with Gasteiger partial charge in [0.15, 0.2) is 0 Å².